The molecule has 0 aromatic carbocycles. The van der Waals surface area contributed by atoms with Crippen molar-refractivity contribution in [1.29, 1.82) is 0 Å². The summed E-state index contributed by atoms with van der Waals surface area (Å²) in [4.78, 5) is 4.10. The molecule has 0 saturated carbocycles. The average Bonchev–Trinajstić information content (AvgIpc) is 2.64. The Kier molecular flexibility index (Phi) is 3.24. The third kappa shape index (κ3) is 1.96. The van der Waals surface area contributed by atoms with Crippen molar-refractivity contribution >= 4 is 0 Å². The van der Waals surface area contributed by atoms with Gasteiger partial charge in [-0.25, -0.2) is 4.68 Å². The topological polar surface area (TPSA) is 56.7 Å². The van der Waals surface area contributed by atoms with Crippen LogP contribution in [0.2, 0.25) is 0 Å². The van der Waals surface area contributed by atoms with E-state index in [4.69, 9.17) is 5.73 Å². The van der Waals surface area contributed by atoms with Gasteiger partial charge in [-0.15, -0.1) is 0 Å². The molecule has 0 aliphatic carbocycles. The lowest BCUT2D eigenvalue weighted by atomic mass is 10.1. The summed E-state index contributed by atoms with van der Waals surface area (Å²) in [5.41, 5.74) is 11.4. The Morgan fingerprint density at radius 2 is 2.12 bits per heavy atom. The van der Waals surface area contributed by atoms with Crippen LogP contribution in [0.4, 0.5) is 0 Å². The molecule has 2 rings (SSSR count). The first-order chi connectivity index (χ1) is 8.19. The number of aryl methyl sites for hydroxylation is 1. The van der Waals surface area contributed by atoms with E-state index in [0.29, 0.717) is 6.54 Å². The SMILES string of the molecule is CCc1c(C)nn(-c2ccncc2CN)c1C. The van der Waals surface area contributed by atoms with Crippen molar-refractivity contribution in [3.63, 3.8) is 0 Å². The molecule has 0 fully saturated rings. The first-order valence-corrected chi connectivity index (χ1v) is 5.87. The molecule has 0 aliphatic heterocycles. The normalized spacial score (nSPS) is 10.8. The highest BCUT2D eigenvalue weighted by Crippen LogP contribution is 2.20. The first-order valence-electron chi connectivity index (χ1n) is 5.87. The molecule has 0 radical (unpaired) electrons. The summed E-state index contributed by atoms with van der Waals surface area (Å²) < 4.78 is 1.97. The van der Waals surface area contributed by atoms with Crippen LogP contribution in [0.3, 0.4) is 0 Å². The van der Waals surface area contributed by atoms with Crippen molar-refractivity contribution < 1.29 is 0 Å². The van der Waals surface area contributed by atoms with Crippen molar-refractivity contribution in [2.24, 2.45) is 5.73 Å². The van der Waals surface area contributed by atoms with E-state index >= 15 is 0 Å². The van der Waals surface area contributed by atoms with Gasteiger partial charge in [-0.2, -0.15) is 5.10 Å². The molecule has 0 amide bonds. The maximum Gasteiger partial charge on any atom is 0.0724 e. The molecule has 0 saturated heterocycles. The molecule has 2 aromatic heterocycles. The van der Waals surface area contributed by atoms with Crippen LogP contribution in [0.25, 0.3) is 5.69 Å². The second-order valence-corrected chi connectivity index (χ2v) is 4.12. The lowest BCUT2D eigenvalue weighted by molar-refractivity contribution is 0.813. The molecule has 0 unspecified atom stereocenters. The smallest absolute Gasteiger partial charge is 0.0724 e. The summed E-state index contributed by atoms with van der Waals surface area (Å²) in [7, 11) is 0. The second kappa shape index (κ2) is 4.67. The highest BCUT2D eigenvalue weighted by atomic mass is 15.3. The van der Waals surface area contributed by atoms with Crippen molar-refractivity contribution in [2.75, 3.05) is 0 Å². The van der Waals surface area contributed by atoms with Crippen molar-refractivity contribution in [1.82, 2.24) is 14.8 Å². The molecule has 0 atom stereocenters. The quantitative estimate of drug-likeness (QED) is 0.876. The van der Waals surface area contributed by atoms with E-state index in [-0.39, 0.29) is 0 Å². The van der Waals surface area contributed by atoms with Crippen molar-refractivity contribution in [2.45, 2.75) is 33.7 Å². The van der Waals surface area contributed by atoms with E-state index < -0.39 is 0 Å². The zero-order chi connectivity index (χ0) is 12.4. The molecule has 2 N–H and O–H groups in total. The van der Waals surface area contributed by atoms with E-state index in [2.05, 4.69) is 23.9 Å². The second-order valence-electron chi connectivity index (χ2n) is 4.12. The average molecular weight is 230 g/mol. The third-order valence-electron chi connectivity index (χ3n) is 3.12. The summed E-state index contributed by atoms with van der Waals surface area (Å²) in [5.74, 6) is 0. The van der Waals surface area contributed by atoms with Gasteiger partial charge in [0.25, 0.3) is 0 Å². The Labute approximate surface area is 101 Å². The number of pyridine rings is 1. The van der Waals surface area contributed by atoms with Crippen LogP contribution >= 0.6 is 0 Å². The Morgan fingerprint density at radius 3 is 2.71 bits per heavy atom. The lowest BCUT2D eigenvalue weighted by Gasteiger charge is -2.09. The van der Waals surface area contributed by atoms with E-state index in [1.54, 1.807) is 12.4 Å². The first kappa shape index (κ1) is 11.8. The summed E-state index contributed by atoms with van der Waals surface area (Å²) in [6.45, 7) is 6.77. The van der Waals surface area contributed by atoms with E-state index in [1.807, 2.05) is 17.7 Å². The van der Waals surface area contributed by atoms with Gasteiger partial charge in [-0.3, -0.25) is 4.98 Å². The van der Waals surface area contributed by atoms with Crippen molar-refractivity contribution in [3.05, 3.63) is 41.0 Å². The minimum absolute atomic E-state index is 0.475. The molecule has 17 heavy (non-hydrogen) atoms. The largest absolute Gasteiger partial charge is 0.326 e. The van der Waals surface area contributed by atoms with Gasteiger partial charge in [0.05, 0.1) is 11.4 Å². The van der Waals surface area contributed by atoms with Gasteiger partial charge in [0.2, 0.25) is 0 Å². The third-order valence-corrected chi connectivity index (χ3v) is 3.12. The Balaban J connectivity index is 2.61. The highest BCUT2D eigenvalue weighted by molar-refractivity contribution is 5.41. The van der Waals surface area contributed by atoms with Gasteiger partial charge in [0, 0.05) is 30.2 Å². The fourth-order valence-corrected chi connectivity index (χ4v) is 2.20. The maximum atomic E-state index is 5.73. The molecule has 0 aliphatic rings. The van der Waals surface area contributed by atoms with Crippen LogP contribution < -0.4 is 5.73 Å². The van der Waals surface area contributed by atoms with Gasteiger partial charge < -0.3 is 5.73 Å². The zero-order valence-corrected chi connectivity index (χ0v) is 10.6. The highest BCUT2D eigenvalue weighted by Gasteiger charge is 2.12. The molecule has 4 heteroatoms. The van der Waals surface area contributed by atoms with Gasteiger partial charge in [0.1, 0.15) is 0 Å². The zero-order valence-electron chi connectivity index (χ0n) is 10.6. The molecule has 2 heterocycles. The van der Waals surface area contributed by atoms with Crippen LogP contribution in [0.1, 0.15) is 29.4 Å². The number of hydrogen-bond donors (Lipinski definition) is 1. The predicted molar refractivity (Wildman–Crippen MR) is 68.1 cm³/mol. The number of hydrogen-bond acceptors (Lipinski definition) is 3. The van der Waals surface area contributed by atoms with Gasteiger partial charge in [0.15, 0.2) is 0 Å². The van der Waals surface area contributed by atoms with Crippen LogP contribution in [0.15, 0.2) is 18.5 Å². The lowest BCUT2D eigenvalue weighted by Crippen LogP contribution is -2.07. The van der Waals surface area contributed by atoms with Crippen LogP contribution in [-0.4, -0.2) is 14.8 Å². The van der Waals surface area contributed by atoms with Gasteiger partial charge in [-0.1, -0.05) is 6.92 Å². The fraction of sp³-hybridized carbons (Fsp3) is 0.385. The standard InChI is InChI=1S/C13H18N4/c1-4-12-9(2)16-17(10(12)3)13-5-6-15-8-11(13)7-14/h5-6,8H,4,7,14H2,1-3H3. The number of rotatable bonds is 3. The molecular formula is C13H18N4. The minimum Gasteiger partial charge on any atom is -0.326 e. The Morgan fingerprint density at radius 1 is 1.35 bits per heavy atom. The summed E-state index contributed by atoms with van der Waals surface area (Å²) in [6.07, 6.45) is 4.58. The van der Waals surface area contributed by atoms with Gasteiger partial charge in [-0.05, 0) is 31.9 Å². The number of nitrogens with zero attached hydrogens (tertiary/aromatic N) is 3. The van der Waals surface area contributed by atoms with Crippen LogP contribution in [0.5, 0.6) is 0 Å². The van der Waals surface area contributed by atoms with Crippen molar-refractivity contribution in [3.8, 4) is 5.69 Å². The monoisotopic (exact) mass is 230 g/mol. The summed E-state index contributed by atoms with van der Waals surface area (Å²) in [5, 5.41) is 4.59. The van der Waals surface area contributed by atoms with Crippen LogP contribution in [-0.2, 0) is 13.0 Å². The van der Waals surface area contributed by atoms with Gasteiger partial charge >= 0.3 is 0 Å². The summed E-state index contributed by atoms with van der Waals surface area (Å²) >= 11 is 0. The molecule has 0 spiro atoms. The molecule has 0 bridgehead atoms. The maximum absolute atomic E-state index is 5.73. The summed E-state index contributed by atoms with van der Waals surface area (Å²) in [6, 6.07) is 1.96. The molecular weight excluding hydrogens is 212 g/mol. The van der Waals surface area contributed by atoms with Crippen LogP contribution in [0, 0.1) is 13.8 Å². The Hall–Kier alpha value is -1.68. The Bertz CT molecular complexity index is 528. The number of nitrogens with two attached hydrogens (primary N) is 1. The molecule has 2 aromatic rings. The molecule has 90 valence electrons. The van der Waals surface area contributed by atoms with E-state index in [1.165, 1.54) is 11.3 Å². The molecule has 4 nitrogen and oxygen atoms in total. The fourth-order valence-electron chi connectivity index (χ4n) is 2.20. The van der Waals surface area contributed by atoms with E-state index in [9.17, 15) is 0 Å². The minimum atomic E-state index is 0.475. The van der Waals surface area contributed by atoms with E-state index in [0.717, 1.165) is 23.4 Å². The predicted octanol–water partition coefficient (Wildman–Crippen LogP) is 1.91. The number of aromatic nitrogens is 3.